The molecule has 1 heterocycles. The first kappa shape index (κ1) is 21.1. The molecule has 0 aliphatic rings. The second-order valence-electron chi connectivity index (χ2n) is 6.89. The molecule has 2 N–H and O–H groups in total. The van der Waals surface area contributed by atoms with Crippen molar-refractivity contribution in [3.05, 3.63) is 57.8 Å². The Kier molecular flexibility index (Phi) is 8.48. The van der Waals surface area contributed by atoms with Crippen molar-refractivity contribution in [3.63, 3.8) is 0 Å². The second-order valence-corrected chi connectivity index (χ2v) is 7.84. The molecule has 1 aromatic heterocycles. The van der Waals surface area contributed by atoms with Gasteiger partial charge in [-0.1, -0.05) is 30.3 Å². The number of amides is 2. The van der Waals surface area contributed by atoms with E-state index in [4.69, 9.17) is 0 Å². The highest BCUT2D eigenvalue weighted by Gasteiger charge is 2.10. The number of nitrogens with zero attached hydrogens (tertiary/aromatic N) is 1. The molecule has 0 bridgehead atoms. The van der Waals surface area contributed by atoms with Gasteiger partial charge < -0.3 is 10.6 Å². The Morgan fingerprint density at radius 2 is 1.81 bits per heavy atom. The molecule has 0 aliphatic heterocycles. The normalized spacial score (nSPS) is 11.0. The van der Waals surface area contributed by atoms with E-state index in [2.05, 4.69) is 48.6 Å². The van der Waals surface area contributed by atoms with Crippen LogP contribution < -0.4 is 10.6 Å². The number of carbonyl (C=O) groups is 2. The van der Waals surface area contributed by atoms with Gasteiger partial charge in [0, 0.05) is 32.1 Å². The van der Waals surface area contributed by atoms with Gasteiger partial charge in [0.15, 0.2) is 0 Å². The van der Waals surface area contributed by atoms with Gasteiger partial charge in [0.25, 0.3) is 5.91 Å². The van der Waals surface area contributed by atoms with E-state index in [1.54, 1.807) is 6.07 Å². The molecule has 5 nitrogen and oxygen atoms in total. The third kappa shape index (κ3) is 7.15. The summed E-state index contributed by atoms with van der Waals surface area (Å²) in [6.07, 6.45) is 1.03. The molecule has 0 atom stereocenters. The molecule has 6 heteroatoms. The van der Waals surface area contributed by atoms with Crippen LogP contribution in [-0.4, -0.2) is 36.3 Å². The van der Waals surface area contributed by atoms with E-state index in [9.17, 15) is 9.59 Å². The summed E-state index contributed by atoms with van der Waals surface area (Å²) in [5.74, 6) is -0.0685. The lowest BCUT2D eigenvalue weighted by Crippen LogP contribution is -2.28. The average molecular weight is 388 g/mol. The van der Waals surface area contributed by atoms with Crippen LogP contribution in [0, 0.1) is 0 Å². The summed E-state index contributed by atoms with van der Waals surface area (Å²) in [7, 11) is 2.10. The Morgan fingerprint density at radius 1 is 1.07 bits per heavy atom. The molecule has 1 aromatic carbocycles. The highest BCUT2D eigenvalue weighted by Crippen LogP contribution is 2.12. The summed E-state index contributed by atoms with van der Waals surface area (Å²) in [4.78, 5) is 26.9. The number of carbonyl (C=O) groups excluding carboxylic acids is 2. The molecule has 0 radical (unpaired) electrons. The minimum absolute atomic E-state index is 0.00684. The minimum atomic E-state index is -0.0754. The Balaban J connectivity index is 1.72. The van der Waals surface area contributed by atoms with E-state index in [0.29, 0.717) is 36.9 Å². The summed E-state index contributed by atoms with van der Waals surface area (Å²) in [5, 5.41) is 7.70. The average Bonchev–Trinajstić information content (AvgIpc) is 3.19. The molecular weight excluding hydrogens is 358 g/mol. The maximum Gasteiger partial charge on any atom is 0.261 e. The van der Waals surface area contributed by atoms with Crippen molar-refractivity contribution in [2.45, 2.75) is 45.8 Å². The molecule has 0 unspecified atom stereocenters. The number of rotatable bonds is 10. The maximum absolute atomic E-state index is 12.1. The molecule has 146 valence electrons. The number of benzene rings is 1. The van der Waals surface area contributed by atoms with Gasteiger partial charge >= 0.3 is 0 Å². The van der Waals surface area contributed by atoms with E-state index in [1.165, 1.54) is 16.9 Å². The number of thiophene rings is 1. The van der Waals surface area contributed by atoms with Gasteiger partial charge in [-0.05, 0) is 49.9 Å². The van der Waals surface area contributed by atoms with E-state index >= 15 is 0 Å². The lowest BCUT2D eigenvalue weighted by Gasteiger charge is -2.22. The molecule has 0 aliphatic carbocycles. The SMILES string of the molecule is CC(C)N(C)Cc1ccccc1CNC(=O)CCCNC(=O)c1cccs1. The van der Waals surface area contributed by atoms with Crippen molar-refractivity contribution in [3.8, 4) is 0 Å². The van der Waals surface area contributed by atoms with Crippen LogP contribution in [0.3, 0.4) is 0 Å². The molecule has 0 saturated heterocycles. The van der Waals surface area contributed by atoms with E-state index in [0.717, 1.165) is 12.1 Å². The van der Waals surface area contributed by atoms with Crippen LogP contribution in [0.1, 0.15) is 47.5 Å². The number of hydrogen-bond donors (Lipinski definition) is 2. The van der Waals surface area contributed by atoms with Gasteiger partial charge in [0.2, 0.25) is 5.91 Å². The topological polar surface area (TPSA) is 61.4 Å². The Labute approximate surface area is 165 Å². The lowest BCUT2D eigenvalue weighted by atomic mass is 10.1. The third-order valence-corrected chi connectivity index (χ3v) is 5.38. The first-order chi connectivity index (χ1) is 13.0. The maximum atomic E-state index is 12.1. The van der Waals surface area contributed by atoms with Gasteiger partial charge in [0.1, 0.15) is 0 Å². The molecule has 0 saturated carbocycles. The molecule has 27 heavy (non-hydrogen) atoms. The quantitative estimate of drug-likeness (QED) is 0.614. The van der Waals surface area contributed by atoms with Gasteiger partial charge in [-0.2, -0.15) is 0 Å². The van der Waals surface area contributed by atoms with Crippen LogP contribution in [0.2, 0.25) is 0 Å². The van der Waals surface area contributed by atoms with Crippen LogP contribution in [0.15, 0.2) is 41.8 Å². The third-order valence-electron chi connectivity index (χ3n) is 4.51. The molecular formula is C21H29N3O2S. The summed E-state index contributed by atoms with van der Waals surface area (Å²) in [6.45, 7) is 6.23. The highest BCUT2D eigenvalue weighted by molar-refractivity contribution is 7.12. The molecule has 2 amide bonds. The van der Waals surface area contributed by atoms with Crippen LogP contribution in [0.4, 0.5) is 0 Å². The summed E-state index contributed by atoms with van der Waals surface area (Å²) >= 11 is 1.41. The predicted octanol–water partition coefficient (Wildman–Crippen LogP) is 3.41. The lowest BCUT2D eigenvalue weighted by molar-refractivity contribution is -0.121. The molecule has 2 aromatic rings. The first-order valence-electron chi connectivity index (χ1n) is 9.32. The molecule has 0 fully saturated rings. The van der Waals surface area contributed by atoms with Gasteiger partial charge in [0.05, 0.1) is 4.88 Å². The summed E-state index contributed by atoms with van der Waals surface area (Å²) in [5.41, 5.74) is 2.38. The van der Waals surface area contributed by atoms with Gasteiger partial charge in [-0.25, -0.2) is 0 Å². The fourth-order valence-electron chi connectivity index (χ4n) is 2.56. The smallest absolute Gasteiger partial charge is 0.261 e. The van der Waals surface area contributed by atoms with Crippen molar-refractivity contribution < 1.29 is 9.59 Å². The van der Waals surface area contributed by atoms with Crippen LogP contribution in [-0.2, 0) is 17.9 Å². The van der Waals surface area contributed by atoms with E-state index < -0.39 is 0 Å². The first-order valence-corrected chi connectivity index (χ1v) is 10.2. The Morgan fingerprint density at radius 3 is 2.48 bits per heavy atom. The zero-order valence-electron chi connectivity index (χ0n) is 16.3. The fraction of sp³-hybridized carbons (Fsp3) is 0.429. The zero-order valence-corrected chi connectivity index (χ0v) is 17.1. The highest BCUT2D eigenvalue weighted by atomic mass is 32.1. The molecule has 2 rings (SSSR count). The van der Waals surface area contributed by atoms with Crippen molar-refractivity contribution in [2.24, 2.45) is 0 Å². The van der Waals surface area contributed by atoms with Gasteiger partial charge in [-0.15, -0.1) is 11.3 Å². The summed E-state index contributed by atoms with van der Waals surface area (Å²) in [6, 6.07) is 12.3. The van der Waals surface area contributed by atoms with Crippen molar-refractivity contribution in [1.29, 1.82) is 0 Å². The number of hydrogen-bond acceptors (Lipinski definition) is 4. The predicted molar refractivity (Wildman–Crippen MR) is 111 cm³/mol. The number of nitrogens with one attached hydrogen (secondary N) is 2. The molecule has 0 spiro atoms. The fourth-order valence-corrected chi connectivity index (χ4v) is 3.20. The van der Waals surface area contributed by atoms with Gasteiger partial charge in [-0.3, -0.25) is 14.5 Å². The van der Waals surface area contributed by atoms with Crippen molar-refractivity contribution in [2.75, 3.05) is 13.6 Å². The summed E-state index contributed by atoms with van der Waals surface area (Å²) < 4.78 is 0. The largest absolute Gasteiger partial charge is 0.352 e. The van der Waals surface area contributed by atoms with E-state index in [-0.39, 0.29) is 11.8 Å². The van der Waals surface area contributed by atoms with Crippen molar-refractivity contribution in [1.82, 2.24) is 15.5 Å². The minimum Gasteiger partial charge on any atom is -0.352 e. The van der Waals surface area contributed by atoms with Crippen LogP contribution in [0.5, 0.6) is 0 Å². The zero-order chi connectivity index (χ0) is 19.6. The van der Waals surface area contributed by atoms with E-state index in [1.807, 2.05) is 23.6 Å². The Bertz CT molecular complexity index is 729. The van der Waals surface area contributed by atoms with Crippen LogP contribution in [0.25, 0.3) is 0 Å². The second kappa shape index (κ2) is 10.8. The van der Waals surface area contributed by atoms with Crippen LogP contribution >= 0.6 is 11.3 Å². The monoisotopic (exact) mass is 387 g/mol. The standard InChI is InChI=1S/C21H29N3O2S/c1-16(2)24(3)15-18-9-5-4-8-17(18)14-23-20(25)11-6-12-22-21(26)19-10-7-13-27-19/h4-5,7-10,13,16H,6,11-12,14-15H2,1-3H3,(H,22,26)(H,23,25). The Hall–Kier alpha value is -2.18. The van der Waals surface area contributed by atoms with Crippen molar-refractivity contribution >= 4 is 23.2 Å².